The number of rotatable bonds is 79. The number of aliphatic hydroxyl groups excluding tert-OH is 1. The lowest BCUT2D eigenvalue weighted by atomic mass is 10.0. The Morgan fingerprint density at radius 2 is 0.460 bits per heavy atom. The maximum atomic E-state index is 13.1. The lowest BCUT2D eigenvalue weighted by Gasteiger charge is -2.21. The summed E-state index contributed by atoms with van der Waals surface area (Å²) in [6.07, 6.45) is 59.8. The van der Waals surface area contributed by atoms with Crippen molar-refractivity contribution < 1.29 is 80.2 Å². The van der Waals surface area contributed by atoms with Crippen molar-refractivity contribution in [1.29, 1.82) is 0 Å². The minimum Gasteiger partial charge on any atom is -0.462 e. The number of esters is 4. The number of hydrogen-bond donors (Lipinski definition) is 3. The molecule has 0 saturated carbocycles. The van der Waals surface area contributed by atoms with E-state index in [-0.39, 0.29) is 25.7 Å². The van der Waals surface area contributed by atoms with E-state index in [4.69, 9.17) is 37.0 Å². The molecular weight excluding hydrogens is 1310 g/mol. The van der Waals surface area contributed by atoms with Crippen LogP contribution in [0.5, 0.6) is 0 Å². The Morgan fingerprint density at radius 1 is 0.270 bits per heavy atom. The summed E-state index contributed by atoms with van der Waals surface area (Å²) >= 11 is 0. The average Bonchev–Trinajstić information content (AvgIpc) is 0.927. The molecule has 0 heterocycles. The molecule has 3 N–H and O–H groups in total. The van der Waals surface area contributed by atoms with E-state index in [0.717, 1.165) is 108 Å². The van der Waals surface area contributed by atoms with Crippen LogP contribution < -0.4 is 0 Å². The summed E-state index contributed by atoms with van der Waals surface area (Å²) in [4.78, 5) is 73.0. The molecule has 100 heavy (non-hydrogen) atoms. The molecule has 0 radical (unpaired) electrons. The van der Waals surface area contributed by atoms with Crippen LogP contribution in [-0.2, 0) is 65.4 Å². The van der Waals surface area contributed by atoms with E-state index in [2.05, 4.69) is 48.5 Å². The van der Waals surface area contributed by atoms with E-state index in [0.29, 0.717) is 31.6 Å². The number of carbonyl (C=O) groups is 4. The summed E-state index contributed by atoms with van der Waals surface area (Å²) in [6.45, 7) is 11.9. The second kappa shape index (κ2) is 71.3. The third-order valence-corrected chi connectivity index (χ3v) is 20.8. The van der Waals surface area contributed by atoms with Crippen LogP contribution in [0.15, 0.2) is 0 Å². The van der Waals surface area contributed by atoms with Gasteiger partial charge in [-0.25, -0.2) is 9.13 Å². The molecule has 0 aromatic heterocycles. The second-order valence-electron chi connectivity index (χ2n) is 30.6. The van der Waals surface area contributed by atoms with E-state index in [9.17, 15) is 43.2 Å². The zero-order valence-corrected chi connectivity index (χ0v) is 67.5. The first-order valence-corrected chi connectivity index (χ1v) is 44.8. The van der Waals surface area contributed by atoms with Crippen LogP contribution >= 0.6 is 15.6 Å². The molecule has 0 spiro atoms. The van der Waals surface area contributed by atoms with E-state index in [1.165, 1.54) is 225 Å². The number of ether oxygens (including phenoxy) is 4. The molecule has 0 fully saturated rings. The molecule has 0 aliphatic carbocycles. The zero-order chi connectivity index (χ0) is 73.7. The van der Waals surface area contributed by atoms with E-state index in [1.807, 2.05) is 0 Å². The lowest BCUT2D eigenvalue weighted by Crippen LogP contribution is -2.30. The van der Waals surface area contributed by atoms with Gasteiger partial charge in [-0.3, -0.25) is 37.3 Å². The Balaban J connectivity index is 5.23. The van der Waals surface area contributed by atoms with E-state index >= 15 is 0 Å². The van der Waals surface area contributed by atoms with Gasteiger partial charge in [-0.2, -0.15) is 0 Å². The number of hydrogen-bond acceptors (Lipinski definition) is 15. The van der Waals surface area contributed by atoms with Gasteiger partial charge in [0.1, 0.15) is 19.3 Å². The molecular formula is C81H158O17P2. The summed E-state index contributed by atoms with van der Waals surface area (Å²) in [5.74, 6) is 0.162. The third kappa shape index (κ3) is 74.3. The minimum atomic E-state index is -4.96. The van der Waals surface area contributed by atoms with Gasteiger partial charge in [0.25, 0.3) is 0 Å². The molecule has 0 aliphatic heterocycles. The van der Waals surface area contributed by atoms with E-state index in [1.54, 1.807) is 0 Å². The highest BCUT2D eigenvalue weighted by molar-refractivity contribution is 7.47. The monoisotopic (exact) mass is 1470 g/mol. The van der Waals surface area contributed by atoms with Gasteiger partial charge in [0.2, 0.25) is 0 Å². The van der Waals surface area contributed by atoms with Crippen molar-refractivity contribution >= 4 is 39.5 Å². The van der Waals surface area contributed by atoms with Crippen molar-refractivity contribution in [2.45, 2.75) is 439 Å². The fourth-order valence-electron chi connectivity index (χ4n) is 12.5. The Bertz CT molecular complexity index is 1940. The largest absolute Gasteiger partial charge is 0.472 e. The number of aliphatic hydroxyl groups is 1. The molecule has 0 bridgehead atoms. The van der Waals surface area contributed by atoms with Gasteiger partial charge in [0.05, 0.1) is 26.4 Å². The number of phosphoric acid groups is 2. The van der Waals surface area contributed by atoms with Crippen molar-refractivity contribution in [2.24, 2.45) is 17.8 Å². The van der Waals surface area contributed by atoms with Gasteiger partial charge in [0, 0.05) is 25.7 Å². The normalized spacial score (nSPS) is 14.0. The summed E-state index contributed by atoms with van der Waals surface area (Å²) in [6, 6.07) is 0. The van der Waals surface area contributed by atoms with Crippen molar-refractivity contribution in [2.75, 3.05) is 39.6 Å². The van der Waals surface area contributed by atoms with Gasteiger partial charge in [-0.05, 0) is 43.4 Å². The summed E-state index contributed by atoms with van der Waals surface area (Å²) in [5, 5.41) is 10.6. The quantitative estimate of drug-likeness (QED) is 0.0222. The van der Waals surface area contributed by atoms with Crippen molar-refractivity contribution in [3.05, 3.63) is 0 Å². The summed E-state index contributed by atoms with van der Waals surface area (Å²) in [7, 11) is -9.92. The second-order valence-corrected chi connectivity index (χ2v) is 33.5. The molecule has 5 atom stereocenters. The van der Waals surface area contributed by atoms with Gasteiger partial charge >= 0.3 is 39.5 Å². The first-order chi connectivity index (χ1) is 48.2. The highest BCUT2D eigenvalue weighted by Crippen LogP contribution is 2.45. The van der Waals surface area contributed by atoms with Crippen LogP contribution in [0.25, 0.3) is 0 Å². The van der Waals surface area contributed by atoms with Gasteiger partial charge in [-0.1, -0.05) is 370 Å². The standard InChI is InChI=1S/C81H158O17P2/c1-8-9-10-11-12-13-14-15-16-17-18-26-31-36-41-50-57-65-81(86)98-77(69-92-79(84)63-56-49-44-43-47-54-61-74(6)7)71-96-100(89,90)94-67-75(82)66-93-99(87,88)95-70-76(97-80(85)64-58-51-42-37-32-27-22-20-24-29-34-39-46-53-60-73(4)5)68-91-78(83)62-55-48-40-35-30-25-21-19-23-28-33-38-45-52-59-72(2)3/h72-77,82H,8-71H2,1-7H3,(H,87,88)(H,89,90)/t75-,76-,77-/m1/s1. The SMILES string of the molecule is CCCCCCCCCCCCCCCCCCCC(=O)O[C@H](COC(=O)CCCCCCCCC(C)C)COP(=O)(O)OC[C@H](O)COP(=O)(O)OC[C@@H](COC(=O)CCCCCCCCCCCCCCCCC(C)C)OC(=O)CCCCCCCCCCCCCCCCC(C)C. The van der Waals surface area contributed by atoms with Crippen LogP contribution in [-0.4, -0.2) is 96.7 Å². The molecule has 0 saturated heterocycles. The first kappa shape index (κ1) is 98.1. The van der Waals surface area contributed by atoms with Gasteiger partial charge in [-0.15, -0.1) is 0 Å². The topological polar surface area (TPSA) is 237 Å². The van der Waals surface area contributed by atoms with Gasteiger partial charge in [0.15, 0.2) is 12.2 Å². The Hall–Kier alpha value is -1.94. The van der Waals surface area contributed by atoms with E-state index < -0.39 is 97.5 Å². The lowest BCUT2D eigenvalue weighted by molar-refractivity contribution is -0.161. The minimum absolute atomic E-state index is 0.107. The molecule has 0 aliphatic rings. The van der Waals surface area contributed by atoms with Gasteiger partial charge < -0.3 is 33.8 Å². The molecule has 594 valence electrons. The smallest absolute Gasteiger partial charge is 0.462 e. The summed E-state index contributed by atoms with van der Waals surface area (Å²) < 4.78 is 68.7. The predicted molar refractivity (Wildman–Crippen MR) is 409 cm³/mol. The van der Waals surface area contributed by atoms with Crippen molar-refractivity contribution in [1.82, 2.24) is 0 Å². The molecule has 0 rings (SSSR count). The molecule has 17 nitrogen and oxygen atoms in total. The molecule has 0 aromatic rings. The molecule has 0 aromatic carbocycles. The number of phosphoric ester groups is 2. The Kier molecular flexibility index (Phi) is 69.9. The van der Waals surface area contributed by atoms with Crippen LogP contribution in [0.2, 0.25) is 0 Å². The molecule has 0 amide bonds. The Morgan fingerprint density at radius 3 is 0.680 bits per heavy atom. The third-order valence-electron chi connectivity index (χ3n) is 18.9. The highest BCUT2D eigenvalue weighted by atomic mass is 31.2. The average molecular weight is 1470 g/mol. The summed E-state index contributed by atoms with van der Waals surface area (Å²) in [5.41, 5.74) is 0. The van der Waals surface area contributed by atoms with Crippen LogP contribution in [0.3, 0.4) is 0 Å². The van der Waals surface area contributed by atoms with Crippen LogP contribution in [0.4, 0.5) is 0 Å². The predicted octanol–water partition coefficient (Wildman–Crippen LogP) is 24.1. The number of unbranched alkanes of at least 4 members (excludes halogenated alkanes) is 47. The van der Waals surface area contributed by atoms with Crippen LogP contribution in [0.1, 0.15) is 421 Å². The molecule has 19 heteroatoms. The Labute approximate surface area is 613 Å². The number of carbonyl (C=O) groups excluding carboxylic acids is 4. The maximum absolute atomic E-state index is 13.1. The maximum Gasteiger partial charge on any atom is 0.472 e. The highest BCUT2D eigenvalue weighted by Gasteiger charge is 2.30. The van der Waals surface area contributed by atoms with Crippen LogP contribution in [0, 0.1) is 17.8 Å². The first-order valence-electron chi connectivity index (χ1n) is 41.8. The van der Waals surface area contributed by atoms with Crippen molar-refractivity contribution in [3.63, 3.8) is 0 Å². The fraction of sp³-hybridized carbons (Fsp3) is 0.951. The zero-order valence-electron chi connectivity index (χ0n) is 65.7. The fourth-order valence-corrected chi connectivity index (χ4v) is 14.1. The molecule has 2 unspecified atom stereocenters. The van der Waals surface area contributed by atoms with Crippen molar-refractivity contribution in [3.8, 4) is 0 Å².